The fourth-order valence-corrected chi connectivity index (χ4v) is 8.24. The summed E-state index contributed by atoms with van der Waals surface area (Å²) in [5.41, 5.74) is 17.5. The zero-order valence-corrected chi connectivity index (χ0v) is 32.6. The molecule has 0 aliphatic rings. The number of rotatable bonds is 9. The molecule has 0 aliphatic carbocycles. The van der Waals surface area contributed by atoms with E-state index in [4.69, 9.17) is 0 Å². The SMILES string of the molecule is c1ccc(-c2ccc(-c3ccc(N(c4cccc(-c5cccc(-c6cccc7ccccc67)c5)c4)c4cc(-c5ccccc5)cc(-c5ccccc5)c4)cc3)cc2)cc1. The fraction of sp³-hybridized carbons (Fsp3) is 0. The van der Waals surface area contributed by atoms with Gasteiger partial charge in [0.2, 0.25) is 0 Å². The van der Waals surface area contributed by atoms with Crippen LogP contribution in [0.5, 0.6) is 0 Å². The van der Waals surface area contributed by atoms with Gasteiger partial charge in [-0.05, 0) is 126 Å². The molecule has 0 amide bonds. The molecule has 10 aromatic rings. The lowest BCUT2D eigenvalue weighted by Gasteiger charge is -2.27. The average molecular weight is 752 g/mol. The fourth-order valence-electron chi connectivity index (χ4n) is 8.24. The molecule has 0 saturated heterocycles. The monoisotopic (exact) mass is 751 g/mol. The molecule has 1 heteroatoms. The van der Waals surface area contributed by atoms with Crippen LogP contribution in [0.2, 0.25) is 0 Å². The molecule has 1 nitrogen and oxygen atoms in total. The summed E-state index contributed by atoms with van der Waals surface area (Å²) in [5.74, 6) is 0. The van der Waals surface area contributed by atoms with Crippen LogP contribution in [0.15, 0.2) is 249 Å². The van der Waals surface area contributed by atoms with Gasteiger partial charge < -0.3 is 4.90 Å². The summed E-state index contributed by atoms with van der Waals surface area (Å²) >= 11 is 0. The molecule has 0 bridgehead atoms. The highest BCUT2D eigenvalue weighted by Gasteiger charge is 2.17. The molecule has 0 saturated carbocycles. The molecule has 0 spiro atoms. The van der Waals surface area contributed by atoms with E-state index in [0.29, 0.717) is 0 Å². The molecule has 0 radical (unpaired) electrons. The number of hydrogen-bond acceptors (Lipinski definition) is 1. The molecule has 0 atom stereocenters. The van der Waals surface area contributed by atoms with E-state index in [-0.39, 0.29) is 0 Å². The first-order valence-corrected chi connectivity index (χ1v) is 20.2. The smallest absolute Gasteiger partial charge is 0.0473 e. The Hall–Kier alpha value is -7.74. The van der Waals surface area contributed by atoms with E-state index in [9.17, 15) is 0 Å². The molecule has 0 unspecified atom stereocenters. The first kappa shape index (κ1) is 35.7. The molecule has 278 valence electrons. The van der Waals surface area contributed by atoms with E-state index in [1.54, 1.807) is 0 Å². The Balaban J connectivity index is 1.09. The van der Waals surface area contributed by atoms with Gasteiger partial charge in [0.15, 0.2) is 0 Å². The Morgan fingerprint density at radius 3 is 1.20 bits per heavy atom. The predicted octanol–water partition coefficient (Wildman–Crippen LogP) is 16.3. The lowest BCUT2D eigenvalue weighted by Crippen LogP contribution is -2.10. The van der Waals surface area contributed by atoms with Crippen LogP contribution in [0.1, 0.15) is 0 Å². The van der Waals surface area contributed by atoms with Crippen LogP contribution in [-0.2, 0) is 0 Å². The highest BCUT2D eigenvalue weighted by Crippen LogP contribution is 2.42. The van der Waals surface area contributed by atoms with Gasteiger partial charge >= 0.3 is 0 Å². The quantitative estimate of drug-likeness (QED) is 0.142. The van der Waals surface area contributed by atoms with Crippen LogP contribution in [0.25, 0.3) is 77.5 Å². The molecule has 0 aromatic heterocycles. The van der Waals surface area contributed by atoms with E-state index >= 15 is 0 Å². The highest BCUT2D eigenvalue weighted by atomic mass is 15.1. The van der Waals surface area contributed by atoms with Gasteiger partial charge in [-0.1, -0.05) is 200 Å². The summed E-state index contributed by atoms with van der Waals surface area (Å²) in [4.78, 5) is 2.40. The van der Waals surface area contributed by atoms with Gasteiger partial charge in [0.25, 0.3) is 0 Å². The summed E-state index contributed by atoms with van der Waals surface area (Å²) in [6, 6.07) is 89.9. The van der Waals surface area contributed by atoms with Crippen LogP contribution in [-0.4, -0.2) is 0 Å². The number of benzene rings is 10. The molecule has 0 heterocycles. The zero-order valence-electron chi connectivity index (χ0n) is 32.6. The van der Waals surface area contributed by atoms with Gasteiger partial charge in [0, 0.05) is 17.1 Å². The summed E-state index contributed by atoms with van der Waals surface area (Å²) in [5, 5.41) is 2.51. The second kappa shape index (κ2) is 16.0. The van der Waals surface area contributed by atoms with Crippen molar-refractivity contribution in [3.05, 3.63) is 249 Å². The lowest BCUT2D eigenvalue weighted by molar-refractivity contribution is 1.28. The van der Waals surface area contributed by atoms with E-state index in [2.05, 4.69) is 254 Å². The maximum atomic E-state index is 2.40. The van der Waals surface area contributed by atoms with Crippen molar-refractivity contribution in [3.8, 4) is 66.8 Å². The number of hydrogen-bond donors (Lipinski definition) is 0. The van der Waals surface area contributed by atoms with Crippen molar-refractivity contribution in [3.63, 3.8) is 0 Å². The molecular weight excluding hydrogens is 711 g/mol. The first-order valence-electron chi connectivity index (χ1n) is 20.2. The van der Waals surface area contributed by atoms with E-state index in [0.717, 1.165) is 22.6 Å². The third kappa shape index (κ3) is 7.46. The summed E-state index contributed by atoms with van der Waals surface area (Å²) in [7, 11) is 0. The Morgan fingerprint density at radius 2 is 0.593 bits per heavy atom. The first-order chi connectivity index (χ1) is 29.2. The van der Waals surface area contributed by atoms with Gasteiger partial charge in [-0.25, -0.2) is 0 Å². The zero-order chi connectivity index (χ0) is 39.4. The van der Waals surface area contributed by atoms with Gasteiger partial charge in [0.1, 0.15) is 0 Å². The Morgan fingerprint density at radius 1 is 0.203 bits per heavy atom. The average Bonchev–Trinajstić information content (AvgIpc) is 3.33. The normalized spacial score (nSPS) is 11.1. The molecule has 0 aliphatic heterocycles. The van der Waals surface area contributed by atoms with Crippen molar-refractivity contribution in [2.45, 2.75) is 0 Å². The summed E-state index contributed by atoms with van der Waals surface area (Å²) < 4.78 is 0. The minimum Gasteiger partial charge on any atom is -0.310 e. The second-order valence-corrected chi connectivity index (χ2v) is 15.0. The summed E-state index contributed by atoms with van der Waals surface area (Å²) in [6.07, 6.45) is 0. The van der Waals surface area contributed by atoms with Gasteiger partial charge in [-0.3, -0.25) is 0 Å². The van der Waals surface area contributed by atoms with Crippen molar-refractivity contribution < 1.29 is 0 Å². The van der Waals surface area contributed by atoms with Gasteiger partial charge in [-0.2, -0.15) is 0 Å². The van der Waals surface area contributed by atoms with E-state index in [1.807, 2.05) is 0 Å². The number of nitrogens with zero attached hydrogens (tertiary/aromatic N) is 1. The van der Waals surface area contributed by atoms with Crippen LogP contribution in [0.3, 0.4) is 0 Å². The molecule has 59 heavy (non-hydrogen) atoms. The predicted molar refractivity (Wildman–Crippen MR) is 251 cm³/mol. The third-order valence-corrected chi connectivity index (χ3v) is 11.2. The Bertz CT molecular complexity index is 2940. The lowest BCUT2D eigenvalue weighted by atomic mass is 9.95. The van der Waals surface area contributed by atoms with Gasteiger partial charge in [-0.15, -0.1) is 0 Å². The topological polar surface area (TPSA) is 3.24 Å². The van der Waals surface area contributed by atoms with Crippen LogP contribution >= 0.6 is 0 Å². The summed E-state index contributed by atoms with van der Waals surface area (Å²) in [6.45, 7) is 0. The maximum Gasteiger partial charge on any atom is 0.0473 e. The molecular formula is C58H41N. The molecule has 0 fully saturated rings. The highest BCUT2D eigenvalue weighted by molar-refractivity contribution is 5.97. The second-order valence-electron chi connectivity index (χ2n) is 15.0. The largest absolute Gasteiger partial charge is 0.310 e. The van der Waals surface area contributed by atoms with Crippen LogP contribution < -0.4 is 4.90 Å². The Kier molecular flexibility index (Phi) is 9.68. The third-order valence-electron chi connectivity index (χ3n) is 11.2. The van der Waals surface area contributed by atoms with E-state index in [1.165, 1.54) is 72.0 Å². The van der Waals surface area contributed by atoms with Crippen molar-refractivity contribution in [2.75, 3.05) is 4.90 Å². The number of anilines is 3. The minimum absolute atomic E-state index is 1.08. The minimum atomic E-state index is 1.08. The molecule has 10 aromatic carbocycles. The standard InChI is InChI=1S/C58H41N/c1-4-15-42(16-5-1)45-29-31-46(32-30-45)47-33-35-54(36-34-47)59(56-40-52(43-17-6-2-7-18-43)38-53(41-56)44-19-8-3-9-20-44)55-26-13-24-50(39-55)49-23-12-25-51(37-49)58-28-14-22-48-21-10-11-27-57(48)58/h1-41H. The number of fused-ring (bicyclic) bond motifs is 1. The van der Waals surface area contributed by atoms with Crippen molar-refractivity contribution in [2.24, 2.45) is 0 Å². The van der Waals surface area contributed by atoms with E-state index < -0.39 is 0 Å². The van der Waals surface area contributed by atoms with Gasteiger partial charge in [0.05, 0.1) is 0 Å². The Labute approximate surface area is 346 Å². The van der Waals surface area contributed by atoms with Crippen molar-refractivity contribution in [1.82, 2.24) is 0 Å². The van der Waals surface area contributed by atoms with Crippen molar-refractivity contribution >= 4 is 27.8 Å². The molecule has 10 rings (SSSR count). The van der Waals surface area contributed by atoms with Crippen molar-refractivity contribution in [1.29, 1.82) is 0 Å². The van der Waals surface area contributed by atoms with Crippen LogP contribution in [0.4, 0.5) is 17.1 Å². The molecule has 0 N–H and O–H groups in total. The van der Waals surface area contributed by atoms with Crippen LogP contribution in [0, 0.1) is 0 Å². The maximum absolute atomic E-state index is 2.40.